The molecule has 0 aliphatic heterocycles. The number of ether oxygens (including phenoxy) is 2. The molecule has 2 aromatic rings. The maximum atomic E-state index is 13.0. The lowest BCUT2D eigenvalue weighted by Crippen LogP contribution is -2.49. The number of halogens is 1. The van der Waals surface area contributed by atoms with Gasteiger partial charge in [0, 0.05) is 18.6 Å². The van der Waals surface area contributed by atoms with E-state index in [1.807, 2.05) is 38.1 Å². The molecule has 0 aliphatic rings. The van der Waals surface area contributed by atoms with Crippen molar-refractivity contribution in [3.63, 3.8) is 0 Å². The molecule has 0 saturated heterocycles. The second-order valence-corrected chi connectivity index (χ2v) is 7.02. The Morgan fingerprint density at radius 3 is 2.55 bits per heavy atom. The van der Waals surface area contributed by atoms with Crippen molar-refractivity contribution in [1.29, 1.82) is 0 Å². The highest BCUT2D eigenvalue weighted by Crippen LogP contribution is 2.22. The van der Waals surface area contributed by atoms with Gasteiger partial charge >= 0.3 is 0 Å². The quantitative estimate of drug-likeness (QED) is 0.675. The number of nitrogens with zero attached hydrogens (tertiary/aromatic N) is 1. The van der Waals surface area contributed by atoms with Gasteiger partial charge in [0.2, 0.25) is 5.91 Å². The third-order valence-electron chi connectivity index (χ3n) is 4.61. The van der Waals surface area contributed by atoms with Crippen LogP contribution in [0.4, 0.5) is 0 Å². The highest BCUT2D eigenvalue weighted by Gasteiger charge is 2.28. The molecular weight excluding hydrogens is 392 g/mol. The standard InChI is InChI=1S/C22H27ClN2O4/c1-5-20(22(27)24-3)25(13-16-7-6-8-17(12-16)28-4)21(26)14-29-18-9-10-19(23)15(2)11-18/h6-12,20H,5,13-14H2,1-4H3,(H,24,27)/t20-/m0/s1. The first-order valence-corrected chi connectivity index (χ1v) is 9.80. The zero-order chi connectivity index (χ0) is 21.4. The molecule has 7 heteroatoms. The van der Waals surface area contributed by atoms with Gasteiger partial charge in [-0.05, 0) is 54.8 Å². The summed E-state index contributed by atoms with van der Waals surface area (Å²) in [6.07, 6.45) is 0.482. The van der Waals surface area contributed by atoms with Crippen molar-refractivity contribution >= 4 is 23.4 Å². The molecule has 0 bridgehead atoms. The zero-order valence-corrected chi connectivity index (χ0v) is 18.0. The second-order valence-electron chi connectivity index (χ2n) is 6.61. The van der Waals surface area contributed by atoms with Crippen molar-refractivity contribution in [2.75, 3.05) is 20.8 Å². The normalized spacial score (nSPS) is 11.5. The Hall–Kier alpha value is -2.73. The first-order chi connectivity index (χ1) is 13.9. The van der Waals surface area contributed by atoms with E-state index >= 15 is 0 Å². The summed E-state index contributed by atoms with van der Waals surface area (Å²) in [4.78, 5) is 26.9. The summed E-state index contributed by atoms with van der Waals surface area (Å²) in [6, 6.07) is 12.0. The van der Waals surface area contributed by atoms with Crippen LogP contribution in [0.3, 0.4) is 0 Å². The molecule has 1 atom stereocenters. The predicted octanol–water partition coefficient (Wildman–Crippen LogP) is 3.59. The number of aryl methyl sites for hydroxylation is 1. The Labute approximate surface area is 176 Å². The number of methoxy groups -OCH3 is 1. The van der Waals surface area contributed by atoms with Gasteiger partial charge in [0.1, 0.15) is 17.5 Å². The van der Waals surface area contributed by atoms with Crippen LogP contribution in [0.2, 0.25) is 5.02 Å². The van der Waals surface area contributed by atoms with Gasteiger partial charge in [0.05, 0.1) is 7.11 Å². The van der Waals surface area contributed by atoms with Gasteiger partial charge in [-0.1, -0.05) is 30.7 Å². The van der Waals surface area contributed by atoms with Crippen LogP contribution >= 0.6 is 11.6 Å². The molecule has 156 valence electrons. The number of carbonyl (C=O) groups is 2. The largest absolute Gasteiger partial charge is 0.497 e. The number of hydrogen-bond acceptors (Lipinski definition) is 4. The topological polar surface area (TPSA) is 67.9 Å². The molecule has 0 heterocycles. The van der Waals surface area contributed by atoms with Crippen molar-refractivity contribution < 1.29 is 19.1 Å². The average Bonchev–Trinajstić information content (AvgIpc) is 2.74. The highest BCUT2D eigenvalue weighted by molar-refractivity contribution is 6.31. The maximum Gasteiger partial charge on any atom is 0.261 e. The SMILES string of the molecule is CC[C@@H](C(=O)NC)N(Cc1cccc(OC)c1)C(=O)COc1ccc(Cl)c(C)c1. The van der Waals surface area contributed by atoms with E-state index in [0.717, 1.165) is 11.1 Å². The van der Waals surface area contributed by atoms with Gasteiger partial charge in [-0.25, -0.2) is 0 Å². The van der Waals surface area contributed by atoms with Crippen molar-refractivity contribution in [2.24, 2.45) is 0 Å². The minimum atomic E-state index is -0.603. The number of nitrogens with one attached hydrogen (secondary N) is 1. The Morgan fingerprint density at radius 1 is 1.17 bits per heavy atom. The van der Waals surface area contributed by atoms with E-state index in [2.05, 4.69) is 5.32 Å². The summed E-state index contributed by atoms with van der Waals surface area (Å²) in [5, 5.41) is 3.27. The molecule has 0 spiro atoms. The molecule has 1 N–H and O–H groups in total. The molecular formula is C22H27ClN2O4. The highest BCUT2D eigenvalue weighted by atomic mass is 35.5. The molecule has 0 aliphatic carbocycles. The lowest BCUT2D eigenvalue weighted by atomic mass is 10.1. The van der Waals surface area contributed by atoms with Crippen molar-refractivity contribution in [3.05, 3.63) is 58.6 Å². The van der Waals surface area contributed by atoms with E-state index < -0.39 is 6.04 Å². The number of amides is 2. The Kier molecular flexibility index (Phi) is 8.34. The number of hydrogen-bond donors (Lipinski definition) is 1. The zero-order valence-electron chi connectivity index (χ0n) is 17.2. The van der Waals surface area contributed by atoms with Crippen molar-refractivity contribution in [1.82, 2.24) is 10.2 Å². The van der Waals surface area contributed by atoms with E-state index in [9.17, 15) is 9.59 Å². The van der Waals surface area contributed by atoms with E-state index in [-0.39, 0.29) is 25.0 Å². The van der Waals surface area contributed by atoms with Crippen LogP contribution in [-0.4, -0.2) is 43.5 Å². The molecule has 2 rings (SSSR count). The molecule has 29 heavy (non-hydrogen) atoms. The van der Waals surface area contributed by atoms with Gasteiger partial charge in [-0.3, -0.25) is 9.59 Å². The summed E-state index contributed by atoms with van der Waals surface area (Å²) in [5.74, 6) is 0.743. The number of rotatable bonds is 9. The molecule has 0 saturated carbocycles. The summed E-state index contributed by atoms with van der Waals surface area (Å²) in [6.45, 7) is 3.82. The van der Waals surface area contributed by atoms with E-state index in [1.54, 1.807) is 32.4 Å². The monoisotopic (exact) mass is 418 g/mol. The predicted molar refractivity (Wildman–Crippen MR) is 113 cm³/mol. The number of carbonyl (C=O) groups excluding carboxylic acids is 2. The summed E-state index contributed by atoms with van der Waals surface area (Å²) >= 11 is 6.03. The molecule has 2 aromatic carbocycles. The van der Waals surface area contributed by atoms with Crippen molar-refractivity contribution in [3.8, 4) is 11.5 Å². The Balaban J connectivity index is 2.21. The third-order valence-corrected chi connectivity index (χ3v) is 5.04. The van der Waals surface area contributed by atoms with Crippen LogP contribution < -0.4 is 14.8 Å². The fourth-order valence-corrected chi connectivity index (χ4v) is 3.11. The third kappa shape index (κ3) is 6.12. The van der Waals surface area contributed by atoms with Crippen LogP contribution in [0.25, 0.3) is 0 Å². The lowest BCUT2D eigenvalue weighted by molar-refractivity contribution is -0.142. The lowest BCUT2D eigenvalue weighted by Gasteiger charge is -2.30. The van der Waals surface area contributed by atoms with Crippen LogP contribution in [0.5, 0.6) is 11.5 Å². The minimum absolute atomic E-state index is 0.182. The molecule has 0 fully saturated rings. The smallest absolute Gasteiger partial charge is 0.261 e. The van der Waals surface area contributed by atoms with Gasteiger partial charge in [0.15, 0.2) is 6.61 Å². The van der Waals surface area contributed by atoms with E-state index in [4.69, 9.17) is 21.1 Å². The molecule has 0 unspecified atom stereocenters. The van der Waals surface area contributed by atoms with Crippen LogP contribution in [0.1, 0.15) is 24.5 Å². The molecule has 6 nitrogen and oxygen atoms in total. The average molecular weight is 419 g/mol. The summed E-state index contributed by atoms with van der Waals surface area (Å²) < 4.78 is 10.9. The Bertz CT molecular complexity index is 856. The fraction of sp³-hybridized carbons (Fsp3) is 0.364. The first-order valence-electron chi connectivity index (χ1n) is 9.42. The van der Waals surface area contributed by atoms with Crippen LogP contribution in [0, 0.1) is 6.92 Å². The number of benzene rings is 2. The van der Waals surface area contributed by atoms with Crippen LogP contribution in [0.15, 0.2) is 42.5 Å². The van der Waals surface area contributed by atoms with Crippen LogP contribution in [-0.2, 0) is 16.1 Å². The molecule has 0 aromatic heterocycles. The maximum absolute atomic E-state index is 13.0. The van der Waals surface area contributed by atoms with E-state index in [0.29, 0.717) is 22.9 Å². The summed E-state index contributed by atoms with van der Waals surface area (Å²) in [5.41, 5.74) is 1.73. The van der Waals surface area contributed by atoms with Gasteiger partial charge in [-0.2, -0.15) is 0 Å². The van der Waals surface area contributed by atoms with E-state index in [1.165, 1.54) is 4.90 Å². The van der Waals surface area contributed by atoms with Gasteiger partial charge in [-0.15, -0.1) is 0 Å². The number of likely N-dealkylation sites (N-methyl/N-ethyl adjacent to an activating group) is 1. The van der Waals surface area contributed by atoms with Gasteiger partial charge in [0.25, 0.3) is 5.91 Å². The first kappa shape index (κ1) is 22.6. The van der Waals surface area contributed by atoms with Gasteiger partial charge < -0.3 is 19.7 Å². The Morgan fingerprint density at radius 2 is 1.93 bits per heavy atom. The fourth-order valence-electron chi connectivity index (χ4n) is 2.99. The molecule has 0 radical (unpaired) electrons. The van der Waals surface area contributed by atoms with Crippen molar-refractivity contribution in [2.45, 2.75) is 32.9 Å². The second kappa shape index (κ2) is 10.7. The molecule has 2 amide bonds. The summed E-state index contributed by atoms with van der Waals surface area (Å²) in [7, 11) is 3.15. The minimum Gasteiger partial charge on any atom is -0.497 e.